The van der Waals surface area contributed by atoms with Gasteiger partial charge in [-0.15, -0.1) is 0 Å². The zero-order valence-electron chi connectivity index (χ0n) is 42.7. The largest absolute Gasteiger partial charge is 0.459 e. The van der Waals surface area contributed by atoms with Crippen molar-refractivity contribution >= 4 is 41.8 Å². The molecule has 2 aliphatic rings. The van der Waals surface area contributed by atoms with Gasteiger partial charge in [0.05, 0.1) is 45.6 Å². The Balaban J connectivity index is 1.13. The summed E-state index contributed by atoms with van der Waals surface area (Å²) in [4.78, 5) is 98.6. The zero-order chi connectivity index (χ0) is 55.8. The molecular formula is C62H52O18. The molecule has 0 N–H and O–H groups in total. The molecule has 9 rings (SSSR count). The van der Waals surface area contributed by atoms with Gasteiger partial charge < -0.3 is 52.1 Å². The number of hydrogen-bond acceptors (Lipinski definition) is 18. The third-order valence-corrected chi connectivity index (χ3v) is 12.7. The van der Waals surface area contributed by atoms with E-state index in [-0.39, 0.29) is 38.9 Å². The fourth-order valence-electron chi connectivity index (χ4n) is 8.75. The summed E-state index contributed by atoms with van der Waals surface area (Å²) in [6.07, 6.45) is -16.9. The van der Waals surface area contributed by atoms with E-state index in [0.29, 0.717) is 0 Å². The number of hydrogen-bond donors (Lipinski definition) is 0. The van der Waals surface area contributed by atoms with Crippen LogP contribution in [0.5, 0.6) is 0 Å². The lowest BCUT2D eigenvalue weighted by atomic mass is 9.96. The summed E-state index contributed by atoms with van der Waals surface area (Å²) in [6, 6.07) is 55.1. The van der Waals surface area contributed by atoms with Gasteiger partial charge in [0.2, 0.25) is 0 Å². The summed E-state index contributed by atoms with van der Waals surface area (Å²) >= 11 is 0. The van der Waals surface area contributed by atoms with Crippen LogP contribution < -0.4 is 0 Å². The first-order chi connectivity index (χ1) is 39.0. The van der Waals surface area contributed by atoms with Crippen molar-refractivity contribution in [2.75, 3.05) is 20.3 Å². The Morgan fingerprint density at radius 2 is 0.537 bits per heavy atom. The van der Waals surface area contributed by atoms with Crippen LogP contribution in [0.3, 0.4) is 0 Å². The molecule has 0 bridgehead atoms. The Hall–Kier alpha value is -9.33. The monoisotopic (exact) mass is 1080 g/mol. The minimum absolute atomic E-state index is 0.0433. The van der Waals surface area contributed by atoms with Crippen LogP contribution in [0.15, 0.2) is 212 Å². The second-order valence-electron chi connectivity index (χ2n) is 18.0. The highest BCUT2D eigenvalue weighted by molar-refractivity contribution is 5.93. The van der Waals surface area contributed by atoms with Crippen molar-refractivity contribution in [1.29, 1.82) is 0 Å². The van der Waals surface area contributed by atoms with Crippen LogP contribution in [0.2, 0.25) is 0 Å². The lowest BCUT2D eigenvalue weighted by Gasteiger charge is -2.46. The molecular weight excluding hydrogens is 1030 g/mol. The number of ether oxygens (including phenoxy) is 11. The minimum atomic E-state index is -1.86. The Morgan fingerprint density at radius 1 is 0.300 bits per heavy atom. The van der Waals surface area contributed by atoms with E-state index < -0.39 is 116 Å². The minimum Gasteiger partial charge on any atom is -0.459 e. The van der Waals surface area contributed by atoms with Crippen molar-refractivity contribution in [3.05, 3.63) is 251 Å². The van der Waals surface area contributed by atoms with Gasteiger partial charge in [-0.2, -0.15) is 0 Å². The quantitative estimate of drug-likeness (QED) is 0.0549. The van der Waals surface area contributed by atoms with Crippen LogP contribution in [-0.4, -0.2) is 124 Å². The molecule has 0 radical (unpaired) electrons. The standard InChI is InChI=1S/C62H52O18/c1-70-61-52(79-59(68)44-33-19-7-20-34-44)50(77-57(66)42-29-15-5-16-30-42)49(76-56(65)41-27-13-4-14-28-41)47(73-61)38-72-62-53(80-60(69)45-35-21-8-22-36-45)51(78-58(67)43-31-17-6-18-32-43)48(75-55(64)40-25-11-3-12-26-40)46(74-62)37-71-54(63)39-23-9-2-10-24-39/h2-36,46-53,61-62H,37-38H2,1H3/t46-,47-,48-,49-,50+,51+,52-,53+,61+,62+/m1/s1. The molecule has 2 heterocycles. The maximum atomic E-state index is 14.3. The lowest BCUT2D eigenvalue weighted by molar-refractivity contribution is -0.325. The Kier molecular flexibility index (Phi) is 18.6. The van der Waals surface area contributed by atoms with Gasteiger partial charge in [0.1, 0.15) is 18.8 Å². The molecule has 0 aromatic heterocycles. The predicted molar refractivity (Wildman–Crippen MR) is 281 cm³/mol. The van der Waals surface area contributed by atoms with E-state index >= 15 is 0 Å². The third kappa shape index (κ3) is 13.9. The normalized spacial score (nSPS) is 22.3. The summed E-state index contributed by atoms with van der Waals surface area (Å²) in [5.41, 5.74) is 0.591. The highest BCUT2D eigenvalue weighted by Crippen LogP contribution is 2.35. The topological polar surface area (TPSA) is 221 Å². The van der Waals surface area contributed by atoms with E-state index in [4.69, 9.17) is 52.1 Å². The summed E-state index contributed by atoms with van der Waals surface area (Å²) < 4.78 is 68.3. The molecule has 2 saturated heterocycles. The van der Waals surface area contributed by atoms with Gasteiger partial charge in [-0.1, -0.05) is 127 Å². The Morgan fingerprint density at radius 3 is 0.838 bits per heavy atom. The Labute approximate surface area is 458 Å². The fraction of sp³-hybridized carbons (Fsp3) is 0.210. The van der Waals surface area contributed by atoms with E-state index in [1.165, 1.54) is 92.0 Å². The van der Waals surface area contributed by atoms with Crippen LogP contribution in [0.1, 0.15) is 72.5 Å². The zero-order valence-corrected chi connectivity index (χ0v) is 42.7. The second kappa shape index (κ2) is 26.8. The number of carbonyl (C=O) groups excluding carboxylic acids is 7. The molecule has 2 aliphatic heterocycles. The highest BCUT2D eigenvalue weighted by Gasteiger charge is 2.56. The number of benzene rings is 7. The van der Waals surface area contributed by atoms with Gasteiger partial charge in [-0.3, -0.25) is 0 Å². The van der Waals surface area contributed by atoms with Crippen molar-refractivity contribution in [3.63, 3.8) is 0 Å². The molecule has 0 amide bonds. The van der Waals surface area contributed by atoms with E-state index in [9.17, 15) is 33.6 Å². The molecule has 18 heteroatoms. The molecule has 18 nitrogen and oxygen atoms in total. The summed E-state index contributed by atoms with van der Waals surface area (Å²) in [5.74, 6) is -6.36. The van der Waals surface area contributed by atoms with Crippen LogP contribution in [0.25, 0.3) is 0 Å². The van der Waals surface area contributed by atoms with Gasteiger partial charge in [0.15, 0.2) is 49.2 Å². The van der Waals surface area contributed by atoms with Crippen molar-refractivity contribution in [2.24, 2.45) is 0 Å². The molecule has 80 heavy (non-hydrogen) atoms. The van der Waals surface area contributed by atoms with Crippen LogP contribution >= 0.6 is 0 Å². The third-order valence-electron chi connectivity index (χ3n) is 12.7. The summed E-state index contributed by atoms with van der Waals surface area (Å²) in [6.45, 7) is -1.40. The van der Waals surface area contributed by atoms with Gasteiger partial charge >= 0.3 is 41.8 Å². The molecule has 7 aromatic carbocycles. The number of methoxy groups -OCH3 is 1. The molecule has 7 aromatic rings. The molecule has 2 fully saturated rings. The lowest BCUT2D eigenvalue weighted by Crippen LogP contribution is -2.65. The molecule has 0 saturated carbocycles. The van der Waals surface area contributed by atoms with E-state index in [2.05, 4.69) is 0 Å². The maximum absolute atomic E-state index is 14.3. The van der Waals surface area contributed by atoms with Gasteiger partial charge in [0, 0.05) is 7.11 Å². The number of rotatable bonds is 19. The first-order valence-electron chi connectivity index (χ1n) is 25.3. The average molecular weight is 1090 g/mol. The van der Waals surface area contributed by atoms with Crippen molar-refractivity contribution in [1.82, 2.24) is 0 Å². The molecule has 0 aliphatic carbocycles. The van der Waals surface area contributed by atoms with Gasteiger partial charge in [-0.25, -0.2) is 33.6 Å². The van der Waals surface area contributed by atoms with E-state index in [0.717, 1.165) is 0 Å². The molecule has 0 unspecified atom stereocenters. The first-order valence-corrected chi connectivity index (χ1v) is 25.3. The van der Waals surface area contributed by atoms with Crippen molar-refractivity contribution in [3.8, 4) is 0 Å². The fourth-order valence-corrected chi connectivity index (χ4v) is 8.75. The average Bonchev–Trinajstić information content (AvgIpc) is 3.71. The first kappa shape index (κ1) is 55.4. The van der Waals surface area contributed by atoms with E-state index in [1.807, 2.05) is 0 Å². The highest BCUT2D eigenvalue weighted by atomic mass is 16.8. The maximum Gasteiger partial charge on any atom is 0.338 e. The molecule has 408 valence electrons. The summed E-state index contributed by atoms with van der Waals surface area (Å²) in [5, 5.41) is 0. The predicted octanol–water partition coefficient (Wildman–Crippen LogP) is 8.31. The van der Waals surface area contributed by atoms with Crippen LogP contribution in [-0.2, 0) is 52.1 Å². The summed E-state index contributed by atoms with van der Waals surface area (Å²) in [7, 11) is 1.24. The van der Waals surface area contributed by atoms with Crippen LogP contribution in [0.4, 0.5) is 0 Å². The van der Waals surface area contributed by atoms with Crippen LogP contribution in [0, 0.1) is 0 Å². The Bertz CT molecular complexity index is 3190. The SMILES string of the molecule is CO[C@H]1O[C@H](CO[C@H]2O[C@H](COC(=O)c3ccccc3)[C@@H](OC(=O)c3ccccc3)[C@H](OC(=O)c3ccccc3)[C@@H]2OC(=O)c2ccccc2)[C@@H](OC(=O)c2ccccc2)[C@H](OC(=O)c2ccccc2)[C@H]1OC(=O)c1ccccc1. The van der Waals surface area contributed by atoms with E-state index in [1.54, 1.807) is 127 Å². The van der Waals surface area contributed by atoms with Gasteiger partial charge in [0.25, 0.3) is 0 Å². The number of carbonyl (C=O) groups is 7. The van der Waals surface area contributed by atoms with Crippen molar-refractivity contribution in [2.45, 2.75) is 61.4 Å². The second-order valence-corrected chi connectivity index (χ2v) is 18.0. The smallest absolute Gasteiger partial charge is 0.338 e. The molecule has 0 spiro atoms. The molecule has 10 atom stereocenters. The number of esters is 7. The van der Waals surface area contributed by atoms with Crippen molar-refractivity contribution < 1.29 is 85.7 Å². The van der Waals surface area contributed by atoms with Gasteiger partial charge in [-0.05, 0) is 84.9 Å².